The van der Waals surface area contributed by atoms with Crippen LogP contribution >= 0.6 is 15.9 Å². The maximum Gasteiger partial charge on any atom is 0.338 e. The minimum atomic E-state index is -0.450. The summed E-state index contributed by atoms with van der Waals surface area (Å²) in [7, 11) is 1.62. The topological polar surface area (TPSA) is 52.1 Å². The van der Waals surface area contributed by atoms with E-state index in [4.69, 9.17) is 9.47 Å². The van der Waals surface area contributed by atoms with Crippen molar-refractivity contribution in [1.82, 2.24) is 0 Å². The van der Waals surface area contributed by atoms with Gasteiger partial charge in [-0.2, -0.15) is 0 Å². The molecule has 4 nitrogen and oxygen atoms in total. The molecule has 1 aliphatic heterocycles. The fraction of sp³-hybridized carbons (Fsp3) is 0.611. The van der Waals surface area contributed by atoms with Crippen LogP contribution in [0, 0.1) is 5.92 Å². The lowest BCUT2D eigenvalue weighted by atomic mass is 9.83. The number of halogens is 1. The Balaban J connectivity index is 2.18. The van der Waals surface area contributed by atoms with Crippen molar-refractivity contribution in [2.75, 3.05) is 20.2 Å². The van der Waals surface area contributed by atoms with E-state index in [1.54, 1.807) is 13.2 Å². The summed E-state index contributed by atoms with van der Waals surface area (Å²) in [6.45, 7) is 8.32. The van der Waals surface area contributed by atoms with E-state index in [-0.39, 0.29) is 5.97 Å². The molecule has 1 aromatic rings. The Morgan fingerprint density at radius 2 is 2.00 bits per heavy atom. The van der Waals surface area contributed by atoms with Crippen LogP contribution in [0.1, 0.15) is 49.5 Å². The van der Waals surface area contributed by atoms with Gasteiger partial charge in [0.2, 0.25) is 0 Å². The third-order valence-electron chi connectivity index (χ3n) is 4.74. The Morgan fingerprint density at radius 1 is 1.35 bits per heavy atom. The average Bonchev–Trinajstić information content (AvgIpc) is 2.54. The molecule has 1 fully saturated rings. The van der Waals surface area contributed by atoms with E-state index in [1.807, 2.05) is 19.9 Å². The zero-order valence-electron chi connectivity index (χ0n) is 14.4. The first kappa shape index (κ1) is 18.3. The van der Waals surface area contributed by atoms with E-state index < -0.39 is 5.60 Å². The first-order valence-corrected chi connectivity index (χ1v) is 9.09. The van der Waals surface area contributed by atoms with Crippen molar-refractivity contribution >= 4 is 21.9 Å². The third-order valence-corrected chi connectivity index (χ3v) is 5.45. The fourth-order valence-electron chi connectivity index (χ4n) is 3.26. The Labute approximate surface area is 147 Å². The predicted octanol–water partition coefficient (Wildman–Crippen LogP) is 2.93. The second-order valence-electron chi connectivity index (χ2n) is 6.63. The molecule has 1 saturated heterocycles. The molecule has 1 aromatic carbocycles. The van der Waals surface area contributed by atoms with Gasteiger partial charge in [0.05, 0.1) is 25.8 Å². The molecular formula is C18H27BrNO3+. The summed E-state index contributed by atoms with van der Waals surface area (Å²) in [5.74, 6) is 0.849. The van der Waals surface area contributed by atoms with E-state index >= 15 is 0 Å². The van der Waals surface area contributed by atoms with E-state index in [0.29, 0.717) is 11.5 Å². The molecule has 1 heterocycles. The van der Waals surface area contributed by atoms with Gasteiger partial charge in [0, 0.05) is 28.8 Å². The smallest absolute Gasteiger partial charge is 0.338 e. The minimum absolute atomic E-state index is 0.286. The van der Waals surface area contributed by atoms with Gasteiger partial charge in [0.25, 0.3) is 0 Å². The minimum Gasteiger partial charge on any atom is -0.496 e. The molecule has 23 heavy (non-hydrogen) atoms. The number of rotatable bonds is 5. The van der Waals surface area contributed by atoms with Gasteiger partial charge in [-0.1, -0.05) is 22.9 Å². The van der Waals surface area contributed by atoms with Gasteiger partial charge < -0.3 is 14.8 Å². The van der Waals surface area contributed by atoms with Crippen molar-refractivity contribution in [3.8, 4) is 5.75 Å². The van der Waals surface area contributed by atoms with Crippen molar-refractivity contribution in [2.24, 2.45) is 5.92 Å². The zero-order chi connectivity index (χ0) is 17.0. The molecule has 0 radical (unpaired) electrons. The first-order valence-electron chi connectivity index (χ1n) is 8.30. The van der Waals surface area contributed by atoms with Crippen molar-refractivity contribution in [3.05, 3.63) is 27.7 Å². The zero-order valence-corrected chi connectivity index (χ0v) is 16.0. The molecule has 0 bridgehead atoms. The number of benzene rings is 1. The molecule has 1 aliphatic rings. The van der Waals surface area contributed by atoms with Crippen LogP contribution in [-0.2, 0) is 11.2 Å². The highest BCUT2D eigenvalue weighted by Gasteiger charge is 2.35. The molecule has 0 spiro atoms. The lowest BCUT2D eigenvalue weighted by molar-refractivity contribution is -0.665. The van der Waals surface area contributed by atoms with Gasteiger partial charge in [0.1, 0.15) is 11.4 Å². The summed E-state index contributed by atoms with van der Waals surface area (Å²) in [4.78, 5) is 12.6. The normalized spacial score (nSPS) is 16.2. The second-order valence-corrected chi connectivity index (χ2v) is 7.48. The van der Waals surface area contributed by atoms with Gasteiger partial charge in [-0.25, -0.2) is 4.79 Å². The lowest BCUT2D eigenvalue weighted by Crippen LogP contribution is -2.86. The van der Waals surface area contributed by atoms with Gasteiger partial charge in [-0.3, -0.25) is 0 Å². The second kappa shape index (κ2) is 7.67. The number of piperidine rings is 1. The molecule has 0 amide bonds. The number of hydrogen-bond donors (Lipinski definition) is 1. The lowest BCUT2D eigenvalue weighted by Gasteiger charge is -2.35. The fourth-order valence-corrected chi connectivity index (χ4v) is 3.98. The van der Waals surface area contributed by atoms with Gasteiger partial charge >= 0.3 is 5.97 Å². The third kappa shape index (κ3) is 4.27. The molecule has 0 aromatic heterocycles. The Hall–Kier alpha value is -1.07. The van der Waals surface area contributed by atoms with Crippen LogP contribution in [0.25, 0.3) is 0 Å². The summed E-state index contributed by atoms with van der Waals surface area (Å²) < 4.78 is 12.2. The van der Waals surface area contributed by atoms with Crippen LogP contribution in [0.4, 0.5) is 0 Å². The van der Waals surface area contributed by atoms with E-state index in [1.165, 1.54) is 0 Å². The Kier molecular flexibility index (Phi) is 6.09. The monoisotopic (exact) mass is 384 g/mol. The average molecular weight is 385 g/mol. The van der Waals surface area contributed by atoms with Crippen molar-refractivity contribution in [2.45, 2.75) is 45.6 Å². The van der Waals surface area contributed by atoms with E-state index in [0.717, 1.165) is 48.1 Å². The van der Waals surface area contributed by atoms with E-state index in [9.17, 15) is 4.79 Å². The number of carbonyl (C=O) groups is 1. The molecule has 2 rings (SSSR count). The largest absolute Gasteiger partial charge is 0.496 e. The quantitative estimate of drug-likeness (QED) is 0.793. The number of carbonyl (C=O) groups excluding carboxylic acids is 1. The highest BCUT2D eigenvalue weighted by molar-refractivity contribution is 9.10. The number of nitrogens with two attached hydrogens (primary N) is 1. The van der Waals surface area contributed by atoms with Crippen molar-refractivity contribution in [1.29, 1.82) is 0 Å². The van der Waals surface area contributed by atoms with Crippen LogP contribution in [-0.4, -0.2) is 31.8 Å². The number of methoxy groups -OCH3 is 1. The summed E-state index contributed by atoms with van der Waals surface area (Å²) in [6, 6.07) is 3.60. The molecule has 0 atom stereocenters. The maximum atomic E-state index is 12.6. The summed E-state index contributed by atoms with van der Waals surface area (Å²) in [5.41, 5.74) is 1.14. The molecular weight excluding hydrogens is 358 g/mol. The predicted molar refractivity (Wildman–Crippen MR) is 93.9 cm³/mol. The van der Waals surface area contributed by atoms with Crippen LogP contribution in [0.2, 0.25) is 0 Å². The van der Waals surface area contributed by atoms with Crippen molar-refractivity contribution < 1.29 is 19.6 Å². The highest BCUT2D eigenvalue weighted by atomic mass is 79.9. The highest BCUT2D eigenvalue weighted by Crippen LogP contribution is 2.32. The Morgan fingerprint density at radius 3 is 2.57 bits per heavy atom. The van der Waals surface area contributed by atoms with Gasteiger partial charge in [0.15, 0.2) is 0 Å². The molecule has 128 valence electrons. The summed E-state index contributed by atoms with van der Waals surface area (Å²) in [5, 5.41) is 2.32. The molecule has 0 unspecified atom stereocenters. The van der Waals surface area contributed by atoms with Crippen LogP contribution < -0.4 is 10.1 Å². The van der Waals surface area contributed by atoms with Crippen LogP contribution in [0.15, 0.2) is 16.6 Å². The van der Waals surface area contributed by atoms with Gasteiger partial charge in [-0.05, 0) is 32.4 Å². The standard InChI is InChI=1S/C18H26BrNO3/c1-5-14-15(19)10-12(11-16(14)22-4)17(21)23-18(2,3)13-6-8-20-9-7-13/h10-11,13,20H,5-9H2,1-4H3/p+1. The maximum absolute atomic E-state index is 12.6. The SMILES string of the molecule is CCc1c(Br)cc(C(=O)OC(C)(C)C2CC[NH2+]CC2)cc1OC. The van der Waals surface area contributed by atoms with E-state index in [2.05, 4.69) is 28.2 Å². The number of ether oxygens (including phenoxy) is 2. The van der Waals surface area contributed by atoms with Crippen LogP contribution in [0.5, 0.6) is 5.75 Å². The van der Waals surface area contributed by atoms with Crippen LogP contribution in [0.3, 0.4) is 0 Å². The molecule has 5 heteroatoms. The summed E-state index contributed by atoms with van der Waals surface area (Å²) >= 11 is 3.53. The molecule has 0 aliphatic carbocycles. The Bertz CT molecular complexity index is 566. The molecule has 0 saturated carbocycles. The number of quaternary nitrogens is 1. The number of hydrogen-bond acceptors (Lipinski definition) is 3. The molecule has 2 N–H and O–H groups in total. The summed E-state index contributed by atoms with van der Waals surface area (Å²) in [6.07, 6.45) is 3.01. The first-order chi connectivity index (χ1) is 10.9. The van der Waals surface area contributed by atoms with Crippen molar-refractivity contribution in [3.63, 3.8) is 0 Å². The van der Waals surface area contributed by atoms with Gasteiger partial charge in [-0.15, -0.1) is 0 Å². The number of esters is 1.